The predicted molar refractivity (Wildman–Crippen MR) is 96.9 cm³/mol. The van der Waals surface area contributed by atoms with E-state index in [0.29, 0.717) is 18.8 Å². The molecule has 2 aromatic rings. The third kappa shape index (κ3) is 3.87. The summed E-state index contributed by atoms with van der Waals surface area (Å²) in [6, 6.07) is 15.4. The summed E-state index contributed by atoms with van der Waals surface area (Å²) in [6.45, 7) is 1.07. The van der Waals surface area contributed by atoms with Gasteiger partial charge in [-0.15, -0.1) is 0 Å². The highest BCUT2D eigenvalue weighted by Crippen LogP contribution is 2.47. The van der Waals surface area contributed by atoms with E-state index in [1.165, 1.54) is 12.7 Å². The summed E-state index contributed by atoms with van der Waals surface area (Å²) in [6.07, 6.45) is 2.21. The minimum absolute atomic E-state index is 0.0785. The van der Waals surface area contributed by atoms with E-state index in [-0.39, 0.29) is 17.2 Å². The molecule has 5 heteroatoms. The van der Waals surface area contributed by atoms with E-state index in [9.17, 15) is 9.90 Å². The van der Waals surface area contributed by atoms with Crippen molar-refractivity contribution >= 4 is 6.03 Å². The van der Waals surface area contributed by atoms with Gasteiger partial charge in [-0.2, -0.15) is 0 Å². The van der Waals surface area contributed by atoms with Crippen molar-refractivity contribution in [2.24, 2.45) is 0 Å². The van der Waals surface area contributed by atoms with Gasteiger partial charge in [0.15, 0.2) is 11.5 Å². The summed E-state index contributed by atoms with van der Waals surface area (Å²) in [5, 5.41) is 12.9. The fourth-order valence-electron chi connectivity index (χ4n) is 3.07. The Morgan fingerprint density at radius 2 is 1.96 bits per heavy atom. The van der Waals surface area contributed by atoms with E-state index >= 15 is 0 Å². The molecule has 2 N–H and O–H groups in total. The quantitative estimate of drug-likeness (QED) is 0.848. The molecule has 0 bridgehead atoms. The van der Waals surface area contributed by atoms with Crippen LogP contribution in [0.1, 0.15) is 24.0 Å². The maximum atomic E-state index is 12.4. The molecule has 1 saturated carbocycles. The molecule has 132 valence electrons. The molecule has 2 amide bonds. The highest BCUT2D eigenvalue weighted by Gasteiger charge is 2.44. The van der Waals surface area contributed by atoms with Gasteiger partial charge in [-0.1, -0.05) is 36.4 Å². The Kier molecular flexibility index (Phi) is 4.83. The third-order valence-corrected chi connectivity index (χ3v) is 4.83. The Bertz CT molecular complexity index is 742. The SMILES string of the molecule is COc1ccc(CN(C)C(=O)NCC2(c3ccccc3)CC2)cc1O. The maximum Gasteiger partial charge on any atom is 0.317 e. The molecule has 0 aromatic heterocycles. The first-order valence-corrected chi connectivity index (χ1v) is 8.44. The predicted octanol–water partition coefficient (Wildman–Crippen LogP) is 3.27. The number of hydrogen-bond acceptors (Lipinski definition) is 3. The van der Waals surface area contributed by atoms with Gasteiger partial charge in [0.25, 0.3) is 0 Å². The lowest BCUT2D eigenvalue weighted by atomic mass is 9.96. The monoisotopic (exact) mass is 340 g/mol. The first kappa shape index (κ1) is 17.1. The number of urea groups is 1. The number of nitrogens with one attached hydrogen (secondary N) is 1. The standard InChI is InChI=1S/C20H24N2O3/c1-22(13-15-8-9-18(25-2)17(23)12-15)19(24)21-14-20(10-11-20)16-6-4-3-5-7-16/h3-9,12,23H,10-11,13-14H2,1-2H3,(H,21,24). The number of hydrogen-bond donors (Lipinski definition) is 2. The molecule has 1 aliphatic carbocycles. The molecule has 0 saturated heterocycles. The number of carbonyl (C=O) groups excluding carboxylic acids is 1. The second-order valence-electron chi connectivity index (χ2n) is 6.67. The van der Waals surface area contributed by atoms with Crippen molar-refractivity contribution in [3.63, 3.8) is 0 Å². The van der Waals surface area contributed by atoms with Crippen LogP contribution in [0.5, 0.6) is 11.5 Å². The highest BCUT2D eigenvalue weighted by atomic mass is 16.5. The zero-order valence-corrected chi connectivity index (χ0v) is 14.7. The van der Waals surface area contributed by atoms with Crippen LogP contribution in [0, 0.1) is 0 Å². The Labute approximate surface area is 148 Å². The number of ether oxygens (including phenoxy) is 1. The molecular weight excluding hydrogens is 316 g/mol. The van der Waals surface area contributed by atoms with Gasteiger partial charge in [0.1, 0.15) is 0 Å². The normalized spacial score (nSPS) is 14.6. The van der Waals surface area contributed by atoms with Crippen LogP contribution in [0.4, 0.5) is 4.79 Å². The Balaban J connectivity index is 1.56. The molecule has 0 aliphatic heterocycles. The number of nitrogens with zero attached hydrogens (tertiary/aromatic N) is 1. The summed E-state index contributed by atoms with van der Waals surface area (Å²) in [5.41, 5.74) is 2.23. The molecule has 3 rings (SSSR count). The lowest BCUT2D eigenvalue weighted by Crippen LogP contribution is -2.40. The summed E-state index contributed by atoms with van der Waals surface area (Å²) < 4.78 is 5.03. The van der Waals surface area contributed by atoms with E-state index < -0.39 is 0 Å². The largest absolute Gasteiger partial charge is 0.504 e. The zero-order valence-electron chi connectivity index (χ0n) is 14.7. The van der Waals surface area contributed by atoms with Gasteiger partial charge in [-0.25, -0.2) is 4.79 Å². The fourth-order valence-corrected chi connectivity index (χ4v) is 3.07. The van der Waals surface area contributed by atoms with Crippen molar-refractivity contribution in [3.8, 4) is 11.5 Å². The number of carbonyl (C=O) groups is 1. The molecule has 2 aromatic carbocycles. The van der Waals surface area contributed by atoms with Crippen LogP contribution in [0.15, 0.2) is 48.5 Å². The minimum atomic E-state index is -0.113. The van der Waals surface area contributed by atoms with Crippen molar-refractivity contribution in [2.45, 2.75) is 24.8 Å². The Hall–Kier alpha value is -2.69. The van der Waals surface area contributed by atoms with Crippen molar-refractivity contribution < 1.29 is 14.6 Å². The number of aromatic hydroxyl groups is 1. The van der Waals surface area contributed by atoms with Crippen LogP contribution in [-0.4, -0.2) is 36.7 Å². The number of rotatable bonds is 6. The zero-order chi connectivity index (χ0) is 17.9. The number of phenolic OH excluding ortho intramolecular Hbond substituents is 1. The molecule has 0 unspecified atom stereocenters. The lowest BCUT2D eigenvalue weighted by Gasteiger charge is -2.22. The van der Waals surface area contributed by atoms with Gasteiger partial charge in [0, 0.05) is 25.6 Å². The smallest absolute Gasteiger partial charge is 0.317 e. The second kappa shape index (κ2) is 7.05. The first-order chi connectivity index (χ1) is 12.0. The van der Waals surface area contributed by atoms with Crippen molar-refractivity contribution in [1.29, 1.82) is 0 Å². The van der Waals surface area contributed by atoms with Gasteiger partial charge in [-0.3, -0.25) is 0 Å². The molecule has 5 nitrogen and oxygen atoms in total. The highest BCUT2D eigenvalue weighted by molar-refractivity contribution is 5.74. The van der Waals surface area contributed by atoms with Crippen LogP contribution in [-0.2, 0) is 12.0 Å². The molecule has 1 aliphatic rings. The van der Waals surface area contributed by atoms with Gasteiger partial charge in [0.2, 0.25) is 0 Å². The van der Waals surface area contributed by atoms with Crippen molar-refractivity contribution in [3.05, 3.63) is 59.7 Å². The number of amides is 2. The average molecular weight is 340 g/mol. The van der Waals surface area contributed by atoms with Gasteiger partial charge in [-0.05, 0) is 36.1 Å². The second-order valence-corrected chi connectivity index (χ2v) is 6.67. The van der Waals surface area contributed by atoms with Crippen molar-refractivity contribution in [1.82, 2.24) is 10.2 Å². The van der Waals surface area contributed by atoms with Crippen molar-refractivity contribution in [2.75, 3.05) is 20.7 Å². The molecule has 0 atom stereocenters. The summed E-state index contributed by atoms with van der Waals surface area (Å²) >= 11 is 0. The van der Waals surface area contributed by atoms with E-state index in [1.54, 1.807) is 24.1 Å². The molecular formula is C20H24N2O3. The van der Waals surface area contributed by atoms with E-state index in [1.807, 2.05) is 24.3 Å². The summed E-state index contributed by atoms with van der Waals surface area (Å²) in [7, 11) is 3.26. The Morgan fingerprint density at radius 1 is 1.24 bits per heavy atom. The van der Waals surface area contributed by atoms with E-state index in [4.69, 9.17) is 4.74 Å². The van der Waals surface area contributed by atoms with Crippen LogP contribution in [0.2, 0.25) is 0 Å². The number of methoxy groups -OCH3 is 1. The van der Waals surface area contributed by atoms with E-state index in [0.717, 1.165) is 18.4 Å². The number of benzene rings is 2. The Morgan fingerprint density at radius 3 is 2.56 bits per heavy atom. The molecule has 0 radical (unpaired) electrons. The van der Waals surface area contributed by atoms with Crippen LogP contribution >= 0.6 is 0 Å². The summed E-state index contributed by atoms with van der Waals surface area (Å²) in [5.74, 6) is 0.504. The fraction of sp³-hybridized carbons (Fsp3) is 0.350. The van der Waals surface area contributed by atoms with Crippen LogP contribution in [0.25, 0.3) is 0 Å². The van der Waals surface area contributed by atoms with Gasteiger partial charge in [0.05, 0.1) is 7.11 Å². The lowest BCUT2D eigenvalue weighted by molar-refractivity contribution is 0.205. The molecule has 25 heavy (non-hydrogen) atoms. The topological polar surface area (TPSA) is 61.8 Å². The average Bonchev–Trinajstić information content (AvgIpc) is 3.42. The van der Waals surface area contributed by atoms with Gasteiger partial charge >= 0.3 is 6.03 Å². The summed E-state index contributed by atoms with van der Waals surface area (Å²) in [4.78, 5) is 14.0. The van der Waals surface area contributed by atoms with Crippen LogP contribution in [0.3, 0.4) is 0 Å². The third-order valence-electron chi connectivity index (χ3n) is 4.83. The first-order valence-electron chi connectivity index (χ1n) is 8.44. The van der Waals surface area contributed by atoms with Gasteiger partial charge < -0.3 is 20.1 Å². The van der Waals surface area contributed by atoms with Crippen LogP contribution < -0.4 is 10.1 Å². The number of phenols is 1. The molecule has 1 fully saturated rings. The molecule has 0 heterocycles. The molecule has 0 spiro atoms. The minimum Gasteiger partial charge on any atom is -0.504 e. The maximum absolute atomic E-state index is 12.4. The van der Waals surface area contributed by atoms with E-state index in [2.05, 4.69) is 17.4 Å².